The average molecular weight is 282 g/mol. The van der Waals surface area contributed by atoms with Crippen LogP contribution in [0.1, 0.15) is 31.2 Å². The van der Waals surface area contributed by atoms with Crippen molar-refractivity contribution in [2.75, 3.05) is 13.1 Å². The van der Waals surface area contributed by atoms with Crippen molar-refractivity contribution in [3.05, 3.63) is 35.4 Å². The maximum atomic E-state index is 13.6. The topological polar surface area (TPSA) is 46.3 Å². The van der Waals surface area contributed by atoms with Crippen LogP contribution in [0, 0.1) is 11.6 Å². The number of rotatable bonds is 5. The molecule has 0 aromatic heterocycles. The zero-order chi connectivity index (χ0) is 14.5. The second kappa shape index (κ2) is 6.79. The second-order valence-corrected chi connectivity index (χ2v) is 5.20. The molecule has 2 rings (SSSR count). The van der Waals surface area contributed by atoms with Gasteiger partial charge in [0.1, 0.15) is 0 Å². The molecule has 20 heavy (non-hydrogen) atoms. The van der Waals surface area contributed by atoms with E-state index in [-0.39, 0.29) is 23.9 Å². The SMILES string of the molecule is NCCN(C(=O)Cc1cccc(F)c1F)C1CCCC1. The van der Waals surface area contributed by atoms with E-state index in [0.717, 1.165) is 31.7 Å². The minimum atomic E-state index is -0.931. The van der Waals surface area contributed by atoms with E-state index in [9.17, 15) is 13.6 Å². The summed E-state index contributed by atoms with van der Waals surface area (Å²) in [6.45, 7) is 0.855. The van der Waals surface area contributed by atoms with Gasteiger partial charge in [-0.05, 0) is 18.9 Å². The Kier molecular flexibility index (Phi) is 5.06. The van der Waals surface area contributed by atoms with Crippen LogP contribution >= 0.6 is 0 Å². The van der Waals surface area contributed by atoms with Crippen LogP contribution in [-0.2, 0) is 11.2 Å². The van der Waals surface area contributed by atoms with Crippen molar-refractivity contribution in [2.24, 2.45) is 5.73 Å². The van der Waals surface area contributed by atoms with Crippen molar-refractivity contribution in [3.63, 3.8) is 0 Å². The molecule has 1 aromatic rings. The lowest BCUT2D eigenvalue weighted by molar-refractivity contribution is -0.132. The first-order chi connectivity index (χ1) is 9.63. The monoisotopic (exact) mass is 282 g/mol. The van der Waals surface area contributed by atoms with Crippen LogP contribution in [0.15, 0.2) is 18.2 Å². The van der Waals surface area contributed by atoms with E-state index in [1.807, 2.05) is 0 Å². The highest BCUT2D eigenvalue weighted by Crippen LogP contribution is 2.24. The number of halogens is 2. The third-order valence-corrected chi connectivity index (χ3v) is 3.83. The highest BCUT2D eigenvalue weighted by Gasteiger charge is 2.26. The van der Waals surface area contributed by atoms with E-state index in [1.54, 1.807) is 4.90 Å². The predicted octanol–water partition coefficient (Wildman–Crippen LogP) is 2.24. The van der Waals surface area contributed by atoms with Crippen LogP contribution in [0.2, 0.25) is 0 Å². The average Bonchev–Trinajstić information content (AvgIpc) is 2.95. The zero-order valence-electron chi connectivity index (χ0n) is 11.4. The van der Waals surface area contributed by atoms with E-state index < -0.39 is 11.6 Å². The Labute approximate surface area is 117 Å². The zero-order valence-corrected chi connectivity index (χ0v) is 11.4. The minimum absolute atomic E-state index is 0.106. The van der Waals surface area contributed by atoms with Gasteiger partial charge in [-0.15, -0.1) is 0 Å². The number of hydrogen-bond acceptors (Lipinski definition) is 2. The van der Waals surface area contributed by atoms with E-state index in [0.29, 0.717) is 13.1 Å². The van der Waals surface area contributed by atoms with Crippen molar-refractivity contribution in [1.29, 1.82) is 0 Å². The number of nitrogens with two attached hydrogens (primary N) is 1. The Bertz CT molecular complexity index is 473. The number of hydrogen-bond donors (Lipinski definition) is 1. The molecule has 0 radical (unpaired) electrons. The Balaban J connectivity index is 2.09. The first kappa shape index (κ1) is 14.9. The number of nitrogens with zero attached hydrogens (tertiary/aromatic N) is 1. The van der Waals surface area contributed by atoms with Gasteiger partial charge in [0, 0.05) is 24.7 Å². The summed E-state index contributed by atoms with van der Waals surface area (Å²) in [6, 6.07) is 4.12. The molecular weight excluding hydrogens is 262 g/mol. The number of carbonyl (C=O) groups is 1. The smallest absolute Gasteiger partial charge is 0.227 e. The summed E-state index contributed by atoms with van der Waals surface area (Å²) >= 11 is 0. The summed E-state index contributed by atoms with van der Waals surface area (Å²) in [7, 11) is 0. The van der Waals surface area contributed by atoms with Crippen molar-refractivity contribution in [3.8, 4) is 0 Å². The van der Waals surface area contributed by atoms with Gasteiger partial charge in [-0.25, -0.2) is 8.78 Å². The first-order valence-corrected chi connectivity index (χ1v) is 7.06. The molecule has 1 saturated carbocycles. The molecule has 0 heterocycles. The molecule has 0 unspecified atom stereocenters. The molecule has 0 atom stereocenters. The van der Waals surface area contributed by atoms with E-state index in [4.69, 9.17) is 5.73 Å². The standard InChI is InChI=1S/C15H20F2N2O/c16-13-7-3-4-11(15(13)17)10-14(20)19(9-8-18)12-5-1-2-6-12/h3-4,7,12H,1-2,5-6,8-10,18H2. The van der Waals surface area contributed by atoms with E-state index in [2.05, 4.69) is 0 Å². The van der Waals surface area contributed by atoms with Gasteiger partial charge in [-0.2, -0.15) is 0 Å². The van der Waals surface area contributed by atoms with Gasteiger partial charge >= 0.3 is 0 Å². The molecule has 1 aromatic carbocycles. The molecule has 0 aliphatic heterocycles. The molecule has 1 amide bonds. The van der Waals surface area contributed by atoms with Crippen molar-refractivity contribution in [1.82, 2.24) is 4.90 Å². The van der Waals surface area contributed by atoms with Crippen LogP contribution in [0.5, 0.6) is 0 Å². The summed E-state index contributed by atoms with van der Waals surface area (Å²) in [5.74, 6) is -2.02. The summed E-state index contributed by atoms with van der Waals surface area (Å²) in [6.07, 6.45) is 4.04. The fraction of sp³-hybridized carbons (Fsp3) is 0.533. The molecule has 1 fully saturated rings. The van der Waals surface area contributed by atoms with Gasteiger partial charge in [-0.3, -0.25) is 4.79 Å². The maximum Gasteiger partial charge on any atom is 0.227 e. The Morgan fingerprint density at radius 1 is 1.30 bits per heavy atom. The van der Waals surface area contributed by atoms with Gasteiger partial charge in [0.15, 0.2) is 11.6 Å². The summed E-state index contributed by atoms with van der Waals surface area (Å²) < 4.78 is 26.8. The lowest BCUT2D eigenvalue weighted by Gasteiger charge is -2.28. The van der Waals surface area contributed by atoms with Crippen molar-refractivity contribution in [2.45, 2.75) is 38.1 Å². The van der Waals surface area contributed by atoms with Gasteiger partial charge in [0.05, 0.1) is 6.42 Å². The molecule has 0 spiro atoms. The largest absolute Gasteiger partial charge is 0.338 e. The van der Waals surface area contributed by atoms with Gasteiger partial charge < -0.3 is 10.6 Å². The lowest BCUT2D eigenvalue weighted by atomic mass is 10.1. The summed E-state index contributed by atoms with van der Waals surface area (Å²) in [5, 5.41) is 0. The molecule has 1 aliphatic rings. The first-order valence-electron chi connectivity index (χ1n) is 7.06. The Morgan fingerprint density at radius 2 is 2.00 bits per heavy atom. The predicted molar refractivity (Wildman–Crippen MR) is 73.1 cm³/mol. The van der Waals surface area contributed by atoms with Crippen molar-refractivity contribution < 1.29 is 13.6 Å². The summed E-state index contributed by atoms with van der Waals surface area (Å²) in [5.41, 5.74) is 5.66. The highest BCUT2D eigenvalue weighted by molar-refractivity contribution is 5.79. The fourth-order valence-electron chi connectivity index (χ4n) is 2.82. The molecular formula is C15H20F2N2O. The minimum Gasteiger partial charge on any atom is -0.338 e. The third kappa shape index (κ3) is 3.33. The fourth-order valence-corrected chi connectivity index (χ4v) is 2.82. The Hall–Kier alpha value is -1.49. The second-order valence-electron chi connectivity index (χ2n) is 5.20. The molecule has 1 aliphatic carbocycles. The quantitative estimate of drug-likeness (QED) is 0.900. The lowest BCUT2D eigenvalue weighted by Crippen LogP contribution is -2.42. The number of carbonyl (C=O) groups excluding carboxylic acids is 1. The Morgan fingerprint density at radius 3 is 2.65 bits per heavy atom. The van der Waals surface area contributed by atoms with Crippen LogP contribution in [0.3, 0.4) is 0 Å². The maximum absolute atomic E-state index is 13.6. The van der Waals surface area contributed by atoms with Crippen LogP contribution in [0.4, 0.5) is 8.78 Å². The molecule has 0 bridgehead atoms. The van der Waals surface area contributed by atoms with E-state index in [1.165, 1.54) is 12.1 Å². The van der Waals surface area contributed by atoms with Crippen LogP contribution in [0.25, 0.3) is 0 Å². The van der Waals surface area contributed by atoms with Crippen molar-refractivity contribution >= 4 is 5.91 Å². The number of amides is 1. The van der Waals surface area contributed by atoms with Crippen LogP contribution in [-0.4, -0.2) is 29.9 Å². The molecule has 3 nitrogen and oxygen atoms in total. The molecule has 0 saturated heterocycles. The number of benzene rings is 1. The highest BCUT2D eigenvalue weighted by atomic mass is 19.2. The van der Waals surface area contributed by atoms with Crippen LogP contribution < -0.4 is 5.73 Å². The van der Waals surface area contributed by atoms with Gasteiger partial charge in [-0.1, -0.05) is 25.0 Å². The molecule has 110 valence electrons. The van der Waals surface area contributed by atoms with Gasteiger partial charge in [0.25, 0.3) is 0 Å². The molecule has 2 N–H and O–H groups in total. The normalized spacial score (nSPS) is 15.6. The van der Waals surface area contributed by atoms with E-state index >= 15 is 0 Å². The van der Waals surface area contributed by atoms with Gasteiger partial charge in [0.2, 0.25) is 5.91 Å². The molecule has 5 heteroatoms. The summed E-state index contributed by atoms with van der Waals surface area (Å²) in [4.78, 5) is 14.1. The third-order valence-electron chi connectivity index (χ3n) is 3.83.